The topological polar surface area (TPSA) is 67.9 Å². The van der Waals surface area contributed by atoms with Crippen molar-refractivity contribution in [2.24, 2.45) is 11.8 Å². The van der Waals surface area contributed by atoms with Crippen LogP contribution < -0.4 is 14.4 Å². The molecule has 1 heterocycles. The number of hydrogen-bond donors (Lipinski definition) is 1. The number of carbonyl (C=O) groups excluding carboxylic acids is 1. The van der Waals surface area contributed by atoms with Crippen LogP contribution in [0.1, 0.15) is 67.9 Å². The SMILES string of the molecule is C=C[C@H](N[S@](=O)C(C)(C)C)[C@@H]1CC[C@H]1CN1C[C@@]2(CCCc3cc(Cl)ccc32)COc2ccc(C(=O)OC)cc21. The first kappa shape index (κ1) is 29.2. The van der Waals surface area contributed by atoms with E-state index in [4.69, 9.17) is 21.1 Å². The molecule has 1 saturated carbocycles. The Labute approximate surface area is 246 Å². The number of benzene rings is 2. The second-order valence-electron chi connectivity index (χ2n) is 12.5. The molecule has 8 heteroatoms. The van der Waals surface area contributed by atoms with Crippen molar-refractivity contribution in [1.29, 1.82) is 0 Å². The molecule has 1 fully saturated rings. The summed E-state index contributed by atoms with van der Waals surface area (Å²) in [6, 6.07) is 11.8. The molecular weight excluding hydrogens is 544 g/mol. The van der Waals surface area contributed by atoms with E-state index in [1.807, 2.05) is 45.0 Å². The lowest BCUT2D eigenvalue weighted by Gasteiger charge is -2.46. The number of rotatable bonds is 7. The Morgan fingerprint density at radius 1 is 1.30 bits per heavy atom. The third-order valence-electron chi connectivity index (χ3n) is 8.90. The first-order valence-electron chi connectivity index (χ1n) is 14.2. The van der Waals surface area contributed by atoms with Gasteiger partial charge in [0.25, 0.3) is 0 Å². The predicted octanol–water partition coefficient (Wildman–Crippen LogP) is 6.23. The maximum Gasteiger partial charge on any atom is 0.337 e. The first-order valence-corrected chi connectivity index (χ1v) is 15.8. The van der Waals surface area contributed by atoms with Gasteiger partial charge in [-0.1, -0.05) is 23.7 Å². The van der Waals surface area contributed by atoms with Crippen molar-refractivity contribution in [1.82, 2.24) is 4.72 Å². The second kappa shape index (κ2) is 11.5. The third-order valence-corrected chi connectivity index (χ3v) is 10.7. The predicted molar refractivity (Wildman–Crippen MR) is 163 cm³/mol. The molecule has 2 aromatic carbocycles. The molecular formula is C32H41ClN2O4S. The average Bonchev–Trinajstić information content (AvgIpc) is 3.06. The van der Waals surface area contributed by atoms with E-state index >= 15 is 0 Å². The average molecular weight is 585 g/mol. The van der Waals surface area contributed by atoms with Crippen molar-refractivity contribution >= 4 is 34.2 Å². The largest absolute Gasteiger partial charge is 0.490 e. The first-order chi connectivity index (χ1) is 19.0. The summed E-state index contributed by atoms with van der Waals surface area (Å²) in [5, 5.41) is 0.765. The van der Waals surface area contributed by atoms with Gasteiger partial charge >= 0.3 is 5.97 Å². The van der Waals surface area contributed by atoms with Crippen molar-refractivity contribution in [3.05, 3.63) is 70.8 Å². The van der Waals surface area contributed by atoms with Crippen LogP contribution in [0.25, 0.3) is 0 Å². The van der Waals surface area contributed by atoms with Crippen LogP contribution in [0.4, 0.5) is 5.69 Å². The van der Waals surface area contributed by atoms with E-state index in [1.54, 1.807) is 6.07 Å². The summed E-state index contributed by atoms with van der Waals surface area (Å²) in [5.74, 6) is 1.13. The molecule has 2 aliphatic carbocycles. The molecule has 40 heavy (non-hydrogen) atoms. The van der Waals surface area contributed by atoms with Crippen molar-refractivity contribution in [2.75, 3.05) is 31.7 Å². The van der Waals surface area contributed by atoms with Gasteiger partial charge < -0.3 is 14.4 Å². The number of anilines is 1. The zero-order valence-electron chi connectivity index (χ0n) is 24.0. The number of nitrogens with zero attached hydrogens (tertiary/aromatic N) is 1. The molecule has 5 atom stereocenters. The Morgan fingerprint density at radius 3 is 2.77 bits per heavy atom. The number of fused-ring (bicyclic) bond motifs is 3. The molecule has 6 nitrogen and oxygen atoms in total. The van der Waals surface area contributed by atoms with Gasteiger partial charge in [0.2, 0.25) is 0 Å². The van der Waals surface area contributed by atoms with Crippen LogP contribution >= 0.6 is 11.6 Å². The fraction of sp³-hybridized carbons (Fsp3) is 0.531. The number of methoxy groups -OCH3 is 1. The minimum atomic E-state index is -1.18. The van der Waals surface area contributed by atoms with Crippen LogP contribution in [0.5, 0.6) is 5.75 Å². The van der Waals surface area contributed by atoms with Crippen LogP contribution in [0.2, 0.25) is 5.02 Å². The van der Waals surface area contributed by atoms with Crippen LogP contribution in [0.3, 0.4) is 0 Å². The second-order valence-corrected chi connectivity index (χ2v) is 15.0. The molecule has 1 spiro atoms. The van der Waals surface area contributed by atoms with Gasteiger partial charge in [-0.2, -0.15) is 0 Å². The molecule has 5 rings (SSSR count). The summed E-state index contributed by atoms with van der Waals surface area (Å²) in [7, 11) is 0.228. The molecule has 1 aliphatic heterocycles. The Hall–Kier alpha value is -2.35. The van der Waals surface area contributed by atoms with Gasteiger partial charge in [0.1, 0.15) is 5.75 Å². The van der Waals surface area contributed by atoms with Gasteiger partial charge in [-0.15, -0.1) is 6.58 Å². The van der Waals surface area contributed by atoms with E-state index in [-0.39, 0.29) is 22.2 Å². The molecule has 0 aromatic heterocycles. The summed E-state index contributed by atoms with van der Waals surface area (Å²) in [6.45, 7) is 12.2. The highest BCUT2D eigenvalue weighted by atomic mass is 35.5. The zero-order valence-corrected chi connectivity index (χ0v) is 25.6. The maximum absolute atomic E-state index is 12.9. The zero-order chi connectivity index (χ0) is 28.7. The van der Waals surface area contributed by atoms with E-state index in [9.17, 15) is 9.00 Å². The summed E-state index contributed by atoms with van der Waals surface area (Å²) in [6.07, 6.45) is 7.16. The Kier molecular flexibility index (Phi) is 8.38. The highest BCUT2D eigenvalue weighted by Crippen LogP contribution is 2.46. The summed E-state index contributed by atoms with van der Waals surface area (Å²) in [5.41, 5.74) is 3.85. The number of esters is 1. The van der Waals surface area contributed by atoms with Gasteiger partial charge in [-0.3, -0.25) is 0 Å². The van der Waals surface area contributed by atoms with Gasteiger partial charge in [0, 0.05) is 29.6 Å². The lowest BCUT2D eigenvalue weighted by molar-refractivity contribution is 0.0600. The van der Waals surface area contributed by atoms with Gasteiger partial charge in [-0.25, -0.2) is 13.7 Å². The van der Waals surface area contributed by atoms with Gasteiger partial charge in [0.05, 0.1) is 40.7 Å². The summed E-state index contributed by atoms with van der Waals surface area (Å²) < 4.78 is 27.5. The molecule has 0 unspecified atom stereocenters. The summed E-state index contributed by atoms with van der Waals surface area (Å²) >= 11 is 6.40. The molecule has 216 valence electrons. The third kappa shape index (κ3) is 5.70. The lowest BCUT2D eigenvalue weighted by atomic mass is 9.68. The molecule has 0 bridgehead atoms. The highest BCUT2D eigenvalue weighted by Gasteiger charge is 2.44. The normalized spacial score (nSPS) is 25.5. The van der Waals surface area contributed by atoms with Crippen molar-refractivity contribution in [3.63, 3.8) is 0 Å². The van der Waals surface area contributed by atoms with Gasteiger partial charge in [-0.05, 0) is 106 Å². The molecule has 0 saturated heterocycles. The van der Waals surface area contributed by atoms with Gasteiger partial charge in [0.15, 0.2) is 0 Å². The van der Waals surface area contributed by atoms with Crippen molar-refractivity contribution in [2.45, 2.75) is 69.1 Å². The standard InChI is InChI=1S/C32H41ClN2O4S/c1-6-27(34-40(37)31(2,3)4)25-12-9-23(25)18-35-19-32(15-7-8-21-16-24(33)11-13-26(21)32)20-39-29-14-10-22(17-28(29)35)30(36)38-5/h6,10-11,13-14,16-17,23,25,27,34H,1,7-9,12,15,18-20H2,2-5H3/t23-,25+,27-,32-,40+/m0/s1. The Balaban J connectivity index is 1.48. The minimum absolute atomic E-state index is 0.0329. The number of hydrogen-bond acceptors (Lipinski definition) is 5. The van der Waals surface area contributed by atoms with E-state index in [2.05, 4.69) is 28.3 Å². The maximum atomic E-state index is 12.9. The lowest BCUT2D eigenvalue weighted by Crippen LogP contribution is -2.52. The summed E-state index contributed by atoms with van der Waals surface area (Å²) in [4.78, 5) is 14.9. The number of aryl methyl sites for hydroxylation is 1. The van der Waals surface area contributed by atoms with E-state index in [0.717, 1.165) is 61.7 Å². The van der Waals surface area contributed by atoms with E-state index in [0.29, 0.717) is 24.0 Å². The Bertz CT molecular complexity index is 1310. The monoisotopic (exact) mass is 584 g/mol. The van der Waals surface area contributed by atoms with Crippen LogP contribution in [-0.4, -0.2) is 47.8 Å². The Morgan fingerprint density at radius 2 is 2.10 bits per heavy atom. The number of nitrogens with one attached hydrogen (secondary N) is 1. The molecule has 1 N–H and O–H groups in total. The van der Waals surface area contributed by atoms with Crippen molar-refractivity contribution < 1.29 is 18.5 Å². The fourth-order valence-electron chi connectivity index (χ4n) is 6.55. The van der Waals surface area contributed by atoms with Crippen molar-refractivity contribution in [3.8, 4) is 5.75 Å². The van der Waals surface area contributed by atoms with Crippen LogP contribution in [0, 0.1) is 11.8 Å². The van der Waals surface area contributed by atoms with E-state index in [1.165, 1.54) is 18.2 Å². The highest BCUT2D eigenvalue weighted by molar-refractivity contribution is 7.84. The molecule has 0 radical (unpaired) electrons. The number of carbonyl (C=O) groups is 1. The number of ether oxygens (including phenoxy) is 2. The molecule has 3 aliphatic rings. The molecule has 2 aromatic rings. The minimum Gasteiger partial charge on any atom is -0.490 e. The van der Waals surface area contributed by atoms with Crippen LogP contribution in [-0.2, 0) is 27.6 Å². The number of halogens is 1. The molecule has 0 amide bonds. The fourth-order valence-corrected chi connectivity index (χ4v) is 7.61. The van der Waals surface area contributed by atoms with E-state index < -0.39 is 11.0 Å². The quantitative estimate of drug-likeness (QED) is 0.308. The smallest absolute Gasteiger partial charge is 0.337 e. The van der Waals surface area contributed by atoms with Crippen LogP contribution in [0.15, 0.2) is 49.1 Å².